The molecular weight excluding hydrogens is 340 g/mol. The average Bonchev–Trinajstić information content (AvgIpc) is 2.45. The van der Waals surface area contributed by atoms with Crippen molar-refractivity contribution >= 4 is 33.0 Å². The van der Waals surface area contributed by atoms with Gasteiger partial charge in [0.1, 0.15) is 5.57 Å². The first-order chi connectivity index (χ1) is 10.6. The molecule has 1 rings (SSSR count). The summed E-state index contributed by atoms with van der Waals surface area (Å²) in [4.78, 5) is 24.8. The predicted octanol–water partition coefficient (Wildman–Crippen LogP) is 3.07. The Labute approximate surface area is 141 Å². The number of ether oxygens (including phenoxy) is 1. The van der Waals surface area contributed by atoms with Crippen LogP contribution in [0.2, 0.25) is 5.02 Å². The Balaban J connectivity index is 3.32. The van der Waals surface area contributed by atoms with E-state index in [0.29, 0.717) is 6.61 Å². The molecular formula is C16H19ClO5S. The molecule has 0 unspecified atom stereocenters. The lowest BCUT2D eigenvalue weighted by Crippen LogP contribution is -2.19. The van der Waals surface area contributed by atoms with Crippen LogP contribution in [0, 0.1) is 5.92 Å². The summed E-state index contributed by atoms with van der Waals surface area (Å²) in [6, 6.07) is 3.78. The molecule has 1 aromatic carbocycles. The van der Waals surface area contributed by atoms with Gasteiger partial charge in [0, 0.05) is 17.7 Å². The first-order valence-electron chi connectivity index (χ1n) is 6.99. The Kier molecular flexibility index (Phi) is 6.53. The first kappa shape index (κ1) is 19.4. The van der Waals surface area contributed by atoms with Crippen LogP contribution in [0.1, 0.15) is 31.1 Å². The van der Waals surface area contributed by atoms with E-state index in [2.05, 4.69) is 0 Å². The number of hydrogen-bond acceptors (Lipinski definition) is 5. The first-order valence-corrected chi connectivity index (χ1v) is 9.26. The second-order valence-corrected chi connectivity index (χ2v) is 7.67. The number of sulfone groups is 1. The van der Waals surface area contributed by atoms with Crippen molar-refractivity contribution in [2.75, 3.05) is 12.9 Å². The monoisotopic (exact) mass is 358 g/mol. The third-order valence-electron chi connectivity index (χ3n) is 3.02. The molecule has 0 heterocycles. The van der Waals surface area contributed by atoms with Crippen molar-refractivity contribution in [2.24, 2.45) is 5.92 Å². The summed E-state index contributed by atoms with van der Waals surface area (Å²) >= 11 is 6.03. The van der Waals surface area contributed by atoms with Crippen molar-refractivity contribution in [1.82, 2.24) is 0 Å². The normalized spacial score (nSPS) is 12.3. The minimum absolute atomic E-state index is 0.00424. The Morgan fingerprint density at radius 2 is 1.91 bits per heavy atom. The third-order valence-corrected chi connectivity index (χ3v) is 4.44. The molecule has 0 aliphatic carbocycles. The van der Waals surface area contributed by atoms with Crippen LogP contribution in [-0.4, -0.2) is 32.8 Å². The number of ketones is 2. The Bertz CT molecular complexity index is 748. The summed E-state index contributed by atoms with van der Waals surface area (Å²) in [7, 11) is -3.43. The van der Waals surface area contributed by atoms with Crippen LogP contribution in [0.3, 0.4) is 0 Å². The van der Waals surface area contributed by atoms with E-state index in [1.807, 2.05) is 0 Å². The van der Waals surface area contributed by atoms with Gasteiger partial charge in [-0.05, 0) is 25.1 Å². The van der Waals surface area contributed by atoms with Gasteiger partial charge in [-0.1, -0.05) is 25.4 Å². The van der Waals surface area contributed by atoms with Gasteiger partial charge in [-0.2, -0.15) is 0 Å². The van der Waals surface area contributed by atoms with Crippen LogP contribution in [-0.2, 0) is 19.4 Å². The molecule has 1 aromatic rings. The molecule has 0 bridgehead atoms. The van der Waals surface area contributed by atoms with Crippen LogP contribution in [0.5, 0.6) is 0 Å². The number of carbonyl (C=O) groups excluding carboxylic acids is 2. The van der Waals surface area contributed by atoms with Crippen LogP contribution in [0.15, 0.2) is 34.9 Å². The molecule has 126 valence electrons. The van der Waals surface area contributed by atoms with Gasteiger partial charge in [-0.15, -0.1) is 0 Å². The number of halogens is 1. The summed E-state index contributed by atoms with van der Waals surface area (Å²) in [5.74, 6) is -1.35. The maximum Gasteiger partial charge on any atom is 0.201 e. The fourth-order valence-electron chi connectivity index (χ4n) is 1.76. The molecule has 7 heteroatoms. The zero-order valence-electron chi connectivity index (χ0n) is 13.4. The van der Waals surface area contributed by atoms with E-state index in [9.17, 15) is 18.0 Å². The van der Waals surface area contributed by atoms with Crippen molar-refractivity contribution in [3.05, 3.63) is 40.6 Å². The summed E-state index contributed by atoms with van der Waals surface area (Å²) in [5.41, 5.74) is -0.0603. The molecule has 0 aliphatic rings. The van der Waals surface area contributed by atoms with Crippen LogP contribution in [0.4, 0.5) is 0 Å². The number of benzene rings is 1. The summed E-state index contributed by atoms with van der Waals surface area (Å²) in [5, 5.41) is -0.0307. The second-order valence-electron chi connectivity index (χ2n) is 5.25. The number of allylic oxidation sites excluding steroid dienone is 1. The zero-order valence-corrected chi connectivity index (χ0v) is 15.0. The second kappa shape index (κ2) is 7.75. The molecule has 0 fully saturated rings. The van der Waals surface area contributed by atoms with E-state index in [0.717, 1.165) is 12.5 Å². The molecule has 0 saturated heterocycles. The molecule has 0 aliphatic heterocycles. The SMILES string of the molecule is CCOC=C(C(=O)c1ccc(S(C)(=O)=O)cc1Cl)C(=O)C(C)C. The molecule has 0 radical (unpaired) electrons. The van der Waals surface area contributed by atoms with Gasteiger partial charge in [0.25, 0.3) is 0 Å². The Morgan fingerprint density at radius 3 is 2.35 bits per heavy atom. The lowest BCUT2D eigenvalue weighted by Gasteiger charge is -2.10. The molecule has 0 N–H and O–H groups in total. The highest BCUT2D eigenvalue weighted by Gasteiger charge is 2.25. The highest BCUT2D eigenvalue weighted by atomic mass is 35.5. The van der Waals surface area contributed by atoms with E-state index >= 15 is 0 Å². The highest BCUT2D eigenvalue weighted by molar-refractivity contribution is 7.90. The Morgan fingerprint density at radius 1 is 1.30 bits per heavy atom. The van der Waals surface area contributed by atoms with E-state index in [1.165, 1.54) is 18.2 Å². The lowest BCUT2D eigenvalue weighted by molar-refractivity contribution is -0.118. The summed E-state index contributed by atoms with van der Waals surface area (Å²) in [6.07, 6.45) is 2.17. The van der Waals surface area contributed by atoms with E-state index in [1.54, 1.807) is 20.8 Å². The maximum atomic E-state index is 12.6. The molecule has 0 aromatic heterocycles. The quantitative estimate of drug-likeness (QED) is 0.246. The molecule has 23 heavy (non-hydrogen) atoms. The number of Topliss-reactive ketones (excluding diaryl/α,β-unsaturated/α-hetero) is 2. The molecule has 0 atom stereocenters. The van der Waals surface area contributed by atoms with E-state index in [-0.39, 0.29) is 32.8 Å². The van der Waals surface area contributed by atoms with Crippen LogP contribution >= 0.6 is 11.6 Å². The van der Waals surface area contributed by atoms with Crippen molar-refractivity contribution < 1.29 is 22.7 Å². The van der Waals surface area contributed by atoms with Crippen molar-refractivity contribution in [3.8, 4) is 0 Å². The van der Waals surface area contributed by atoms with Crippen molar-refractivity contribution in [1.29, 1.82) is 0 Å². The van der Waals surface area contributed by atoms with Gasteiger partial charge in [0.2, 0.25) is 5.78 Å². The minimum Gasteiger partial charge on any atom is -0.501 e. The van der Waals surface area contributed by atoms with Gasteiger partial charge in [0.05, 0.1) is 22.8 Å². The predicted molar refractivity (Wildman–Crippen MR) is 88.4 cm³/mol. The fourth-order valence-corrected chi connectivity index (χ4v) is 2.74. The number of hydrogen-bond donors (Lipinski definition) is 0. The van der Waals surface area contributed by atoms with Gasteiger partial charge in [-0.25, -0.2) is 8.42 Å². The Hall–Kier alpha value is -1.66. The zero-order chi connectivity index (χ0) is 17.8. The summed E-state index contributed by atoms with van der Waals surface area (Å²) < 4.78 is 28.1. The van der Waals surface area contributed by atoms with Gasteiger partial charge >= 0.3 is 0 Å². The van der Waals surface area contributed by atoms with Crippen molar-refractivity contribution in [2.45, 2.75) is 25.7 Å². The van der Waals surface area contributed by atoms with Gasteiger partial charge in [0.15, 0.2) is 15.6 Å². The third kappa shape index (κ3) is 4.91. The molecule has 0 amide bonds. The van der Waals surface area contributed by atoms with Crippen LogP contribution < -0.4 is 0 Å². The summed E-state index contributed by atoms with van der Waals surface area (Å²) in [6.45, 7) is 5.38. The number of rotatable bonds is 7. The van der Waals surface area contributed by atoms with E-state index in [4.69, 9.17) is 16.3 Å². The minimum atomic E-state index is -3.43. The van der Waals surface area contributed by atoms with E-state index < -0.39 is 15.6 Å². The molecule has 5 nitrogen and oxygen atoms in total. The maximum absolute atomic E-state index is 12.6. The van der Waals surface area contributed by atoms with Gasteiger partial charge in [-0.3, -0.25) is 9.59 Å². The molecule has 0 saturated carbocycles. The highest BCUT2D eigenvalue weighted by Crippen LogP contribution is 2.24. The largest absolute Gasteiger partial charge is 0.501 e. The average molecular weight is 359 g/mol. The fraction of sp³-hybridized carbons (Fsp3) is 0.375. The number of carbonyl (C=O) groups is 2. The molecule has 0 spiro atoms. The standard InChI is InChI=1S/C16H19ClO5S/c1-5-22-9-13(15(18)10(2)3)16(19)12-7-6-11(8-14(12)17)23(4,20)21/h6-10H,5H2,1-4H3. The topological polar surface area (TPSA) is 77.5 Å². The van der Waals surface area contributed by atoms with Crippen molar-refractivity contribution in [3.63, 3.8) is 0 Å². The smallest absolute Gasteiger partial charge is 0.201 e. The van der Waals surface area contributed by atoms with Gasteiger partial charge < -0.3 is 4.74 Å². The lowest BCUT2D eigenvalue weighted by atomic mass is 9.95. The van der Waals surface area contributed by atoms with Crippen LogP contribution in [0.25, 0.3) is 0 Å².